The topological polar surface area (TPSA) is 69.0 Å². The first-order chi connectivity index (χ1) is 11.7. The molecule has 1 aromatic carbocycles. The van der Waals surface area contributed by atoms with Crippen LogP contribution in [0.15, 0.2) is 28.7 Å². The first-order valence-electron chi connectivity index (χ1n) is 8.19. The summed E-state index contributed by atoms with van der Waals surface area (Å²) < 4.78 is 15.5. The molecule has 1 fully saturated rings. The van der Waals surface area contributed by atoms with E-state index in [9.17, 15) is 9.59 Å². The van der Waals surface area contributed by atoms with E-state index in [4.69, 9.17) is 9.15 Å². The van der Waals surface area contributed by atoms with Gasteiger partial charge in [-0.05, 0) is 44.1 Å². The van der Waals surface area contributed by atoms with Gasteiger partial charge in [-0.2, -0.15) is 0 Å². The molecule has 1 aliphatic heterocycles. The van der Waals surface area contributed by atoms with E-state index in [0.29, 0.717) is 17.8 Å². The minimum atomic E-state index is -0.483. The van der Waals surface area contributed by atoms with Gasteiger partial charge >= 0.3 is 11.9 Å². The molecule has 2 aromatic rings. The van der Waals surface area contributed by atoms with Gasteiger partial charge in [0.15, 0.2) is 0 Å². The van der Waals surface area contributed by atoms with Crippen LogP contribution in [0.2, 0.25) is 0 Å². The maximum atomic E-state index is 12.1. The van der Waals surface area contributed by atoms with Crippen LogP contribution >= 0.6 is 0 Å². The molecule has 0 bridgehead atoms. The highest BCUT2D eigenvalue weighted by Gasteiger charge is 2.16. The number of carbonyl (C=O) groups is 2. The minimum absolute atomic E-state index is 0.144. The Balaban J connectivity index is 1.61. The zero-order valence-corrected chi connectivity index (χ0v) is 13.7. The highest BCUT2D eigenvalue weighted by Crippen LogP contribution is 2.22. The van der Waals surface area contributed by atoms with Crippen molar-refractivity contribution in [1.29, 1.82) is 0 Å². The number of ether oxygens (including phenoxy) is 2. The summed E-state index contributed by atoms with van der Waals surface area (Å²) in [5.74, 6) is -0.785. The number of carbonyl (C=O) groups excluding carboxylic acids is 2. The Bertz CT molecular complexity index is 730. The molecule has 2 heterocycles. The molecule has 1 aliphatic rings. The molecule has 1 aromatic heterocycles. The number of hydrogen-bond donors (Lipinski definition) is 0. The summed E-state index contributed by atoms with van der Waals surface area (Å²) >= 11 is 0. The van der Waals surface area contributed by atoms with Crippen LogP contribution in [0.3, 0.4) is 0 Å². The van der Waals surface area contributed by atoms with Gasteiger partial charge in [0.25, 0.3) is 0 Å². The Kier molecular flexibility index (Phi) is 5.15. The van der Waals surface area contributed by atoms with Gasteiger partial charge in [0.05, 0.1) is 12.7 Å². The van der Waals surface area contributed by atoms with Crippen molar-refractivity contribution >= 4 is 22.9 Å². The van der Waals surface area contributed by atoms with Crippen molar-refractivity contribution in [3.8, 4) is 0 Å². The third kappa shape index (κ3) is 3.76. The fourth-order valence-electron chi connectivity index (χ4n) is 2.90. The van der Waals surface area contributed by atoms with Gasteiger partial charge in [0, 0.05) is 11.9 Å². The summed E-state index contributed by atoms with van der Waals surface area (Å²) in [4.78, 5) is 25.9. The van der Waals surface area contributed by atoms with Crippen molar-refractivity contribution < 1.29 is 23.5 Å². The number of hydrogen-bond acceptors (Lipinski definition) is 6. The summed E-state index contributed by atoms with van der Waals surface area (Å²) in [6, 6.07) is 6.54. The van der Waals surface area contributed by atoms with Gasteiger partial charge < -0.3 is 13.9 Å². The zero-order chi connectivity index (χ0) is 16.9. The van der Waals surface area contributed by atoms with Crippen LogP contribution in [0.4, 0.5) is 0 Å². The second kappa shape index (κ2) is 7.49. The van der Waals surface area contributed by atoms with Crippen LogP contribution in [-0.2, 0) is 9.47 Å². The zero-order valence-electron chi connectivity index (χ0n) is 13.7. The first kappa shape index (κ1) is 16.5. The molecule has 0 spiro atoms. The fourth-order valence-corrected chi connectivity index (χ4v) is 2.90. The molecule has 24 heavy (non-hydrogen) atoms. The third-order valence-electron chi connectivity index (χ3n) is 4.23. The van der Waals surface area contributed by atoms with Crippen LogP contribution < -0.4 is 0 Å². The van der Waals surface area contributed by atoms with E-state index in [1.807, 2.05) is 0 Å². The van der Waals surface area contributed by atoms with Crippen molar-refractivity contribution in [2.45, 2.75) is 19.3 Å². The van der Waals surface area contributed by atoms with E-state index in [2.05, 4.69) is 9.64 Å². The summed E-state index contributed by atoms with van der Waals surface area (Å²) in [6.45, 7) is 3.23. The number of rotatable bonds is 5. The molecule has 1 saturated heterocycles. The van der Waals surface area contributed by atoms with Gasteiger partial charge in [-0.25, -0.2) is 9.59 Å². The number of esters is 2. The monoisotopic (exact) mass is 331 g/mol. The molecular weight excluding hydrogens is 310 g/mol. The smallest absolute Gasteiger partial charge is 0.374 e. The Morgan fingerprint density at radius 3 is 2.67 bits per heavy atom. The fraction of sp³-hybridized carbons (Fsp3) is 0.444. The van der Waals surface area contributed by atoms with Crippen molar-refractivity contribution in [3.05, 3.63) is 35.6 Å². The van der Waals surface area contributed by atoms with Crippen LogP contribution in [0.1, 0.15) is 40.2 Å². The first-order valence-corrected chi connectivity index (χ1v) is 8.19. The third-order valence-corrected chi connectivity index (χ3v) is 4.23. The molecule has 0 amide bonds. The van der Waals surface area contributed by atoms with Crippen molar-refractivity contribution in [2.24, 2.45) is 0 Å². The molecular formula is C18H21NO5. The van der Waals surface area contributed by atoms with Crippen LogP contribution in [0.25, 0.3) is 11.0 Å². The van der Waals surface area contributed by atoms with Gasteiger partial charge in [0.1, 0.15) is 12.2 Å². The lowest BCUT2D eigenvalue weighted by Crippen LogP contribution is -2.33. The van der Waals surface area contributed by atoms with Crippen molar-refractivity contribution in [1.82, 2.24) is 4.90 Å². The number of furan rings is 1. The van der Waals surface area contributed by atoms with E-state index in [1.54, 1.807) is 24.3 Å². The van der Waals surface area contributed by atoms with E-state index >= 15 is 0 Å². The molecule has 0 atom stereocenters. The molecule has 6 heteroatoms. The molecule has 0 aliphatic carbocycles. The summed E-state index contributed by atoms with van der Waals surface area (Å²) in [5.41, 5.74) is 0.838. The predicted molar refractivity (Wildman–Crippen MR) is 88.1 cm³/mol. The van der Waals surface area contributed by atoms with E-state index in [-0.39, 0.29) is 5.76 Å². The van der Waals surface area contributed by atoms with E-state index in [0.717, 1.165) is 25.0 Å². The number of likely N-dealkylation sites (tertiary alicyclic amines) is 1. The van der Waals surface area contributed by atoms with Gasteiger partial charge in [-0.1, -0.05) is 12.5 Å². The summed E-state index contributed by atoms with van der Waals surface area (Å²) in [7, 11) is 1.32. The van der Waals surface area contributed by atoms with Crippen LogP contribution in [0, 0.1) is 0 Å². The standard InChI is InChI=1S/C18H21NO5/c1-22-17(20)14-6-5-13-11-16(24-15(13)12-14)18(21)23-10-9-19-7-3-2-4-8-19/h5-6,11-12H,2-4,7-10H2,1H3. The van der Waals surface area contributed by atoms with Gasteiger partial charge in [-0.15, -0.1) is 0 Å². The van der Waals surface area contributed by atoms with Crippen molar-refractivity contribution in [2.75, 3.05) is 33.4 Å². The summed E-state index contributed by atoms with van der Waals surface area (Å²) in [6.07, 6.45) is 3.70. The lowest BCUT2D eigenvalue weighted by Gasteiger charge is -2.25. The SMILES string of the molecule is COC(=O)c1ccc2cc(C(=O)OCCN3CCCCC3)oc2c1. The van der Waals surface area contributed by atoms with Gasteiger partial charge in [0.2, 0.25) is 5.76 Å². The second-order valence-electron chi connectivity index (χ2n) is 5.89. The van der Waals surface area contributed by atoms with Crippen LogP contribution in [0.5, 0.6) is 0 Å². The van der Waals surface area contributed by atoms with E-state index < -0.39 is 11.9 Å². The van der Waals surface area contributed by atoms with Crippen LogP contribution in [-0.4, -0.2) is 50.2 Å². The molecule has 0 saturated carbocycles. The van der Waals surface area contributed by atoms with E-state index in [1.165, 1.54) is 26.4 Å². The molecule has 0 radical (unpaired) electrons. The largest absolute Gasteiger partial charge is 0.465 e. The number of benzene rings is 1. The average Bonchev–Trinajstić information content (AvgIpc) is 3.05. The Labute approximate surface area is 140 Å². The van der Waals surface area contributed by atoms with Gasteiger partial charge in [-0.3, -0.25) is 4.90 Å². The highest BCUT2D eigenvalue weighted by molar-refractivity contribution is 5.96. The Morgan fingerprint density at radius 1 is 1.12 bits per heavy atom. The Hall–Kier alpha value is -2.34. The maximum absolute atomic E-state index is 12.1. The Morgan fingerprint density at radius 2 is 1.92 bits per heavy atom. The highest BCUT2D eigenvalue weighted by atomic mass is 16.5. The average molecular weight is 331 g/mol. The number of piperidine rings is 1. The molecule has 3 rings (SSSR count). The quantitative estimate of drug-likeness (QED) is 0.785. The summed E-state index contributed by atoms with van der Waals surface area (Å²) in [5, 5.41) is 0.741. The predicted octanol–water partition coefficient (Wildman–Crippen LogP) is 2.86. The number of nitrogens with zero attached hydrogens (tertiary/aromatic N) is 1. The normalized spacial score (nSPS) is 15.4. The second-order valence-corrected chi connectivity index (χ2v) is 5.89. The maximum Gasteiger partial charge on any atom is 0.374 e. The molecule has 128 valence electrons. The number of fused-ring (bicyclic) bond motifs is 1. The van der Waals surface area contributed by atoms with Crippen molar-refractivity contribution in [3.63, 3.8) is 0 Å². The number of methoxy groups -OCH3 is 1. The lowest BCUT2D eigenvalue weighted by atomic mass is 10.1. The lowest BCUT2D eigenvalue weighted by molar-refractivity contribution is 0.0419. The molecule has 0 N–H and O–H groups in total. The minimum Gasteiger partial charge on any atom is -0.465 e. The molecule has 0 unspecified atom stereocenters. The molecule has 6 nitrogen and oxygen atoms in total.